The number of rotatable bonds is 11. The fourth-order valence-corrected chi connectivity index (χ4v) is 5.31. The van der Waals surface area contributed by atoms with Gasteiger partial charge in [-0.05, 0) is 30.2 Å². The van der Waals surface area contributed by atoms with E-state index in [4.69, 9.17) is 18.7 Å². The molecule has 2 heterocycles. The Balaban J connectivity index is 1.59. The van der Waals surface area contributed by atoms with Crippen LogP contribution in [0.4, 0.5) is 10.2 Å². The zero-order chi connectivity index (χ0) is 27.4. The quantitative estimate of drug-likeness (QED) is 0.252. The number of thiazole rings is 1. The van der Waals surface area contributed by atoms with E-state index < -0.39 is 21.8 Å². The standard InChI is InChI=1S/C24H23FN4O7S2/c1-5-14-6-7-17(33-3)21(8-14)38(31,32)29-22-16-9-19(34-4)20(10-18(16)36-28-22)35-24-27-12-15(37-24)11-26-23(30)13(2)25/h6-10,12H,2,5,11H2,1,3-4H3,(H,26,30)(H,28,29). The Morgan fingerprint density at radius 3 is 2.61 bits per heavy atom. The molecule has 14 heteroatoms. The number of hydrogen-bond acceptors (Lipinski definition) is 10. The molecule has 0 saturated carbocycles. The first-order valence-electron chi connectivity index (χ1n) is 11.1. The van der Waals surface area contributed by atoms with Crippen molar-refractivity contribution in [3.8, 4) is 22.4 Å². The smallest absolute Gasteiger partial charge is 0.279 e. The van der Waals surface area contributed by atoms with Gasteiger partial charge >= 0.3 is 0 Å². The molecule has 0 unspecified atom stereocenters. The summed E-state index contributed by atoms with van der Waals surface area (Å²) in [5.74, 6) is -1.38. The number of aromatic nitrogens is 2. The van der Waals surface area contributed by atoms with E-state index in [1.165, 1.54) is 38.6 Å². The predicted molar refractivity (Wildman–Crippen MR) is 138 cm³/mol. The molecule has 2 aromatic heterocycles. The van der Waals surface area contributed by atoms with Crippen molar-refractivity contribution in [1.82, 2.24) is 15.5 Å². The summed E-state index contributed by atoms with van der Waals surface area (Å²) in [7, 11) is -1.27. The SMILES string of the molecule is C=C(F)C(=O)NCc1cnc(Oc2cc3onc(NS(=O)(=O)c4cc(CC)ccc4OC)c3cc2OC)s1. The number of nitrogens with one attached hydrogen (secondary N) is 2. The molecule has 0 saturated heterocycles. The van der Waals surface area contributed by atoms with Gasteiger partial charge in [-0.25, -0.2) is 17.8 Å². The largest absolute Gasteiger partial charge is 0.495 e. The normalized spacial score (nSPS) is 11.3. The Bertz CT molecular complexity index is 1620. The number of methoxy groups -OCH3 is 2. The van der Waals surface area contributed by atoms with E-state index in [1.54, 1.807) is 12.1 Å². The van der Waals surface area contributed by atoms with Crippen LogP contribution in [0, 0.1) is 0 Å². The van der Waals surface area contributed by atoms with Gasteiger partial charge in [0, 0.05) is 17.1 Å². The predicted octanol–water partition coefficient (Wildman–Crippen LogP) is 4.56. The lowest BCUT2D eigenvalue weighted by Crippen LogP contribution is -2.21. The number of carbonyl (C=O) groups is 1. The van der Waals surface area contributed by atoms with Crippen molar-refractivity contribution >= 4 is 44.1 Å². The van der Waals surface area contributed by atoms with E-state index in [2.05, 4.69) is 26.8 Å². The van der Waals surface area contributed by atoms with Gasteiger partial charge < -0.3 is 24.1 Å². The Kier molecular flexibility index (Phi) is 7.83. The molecule has 4 rings (SSSR count). The maximum Gasteiger partial charge on any atom is 0.279 e. The minimum atomic E-state index is -4.08. The number of ether oxygens (including phenoxy) is 3. The number of fused-ring (bicyclic) bond motifs is 1. The number of aryl methyl sites for hydroxylation is 1. The Morgan fingerprint density at radius 1 is 1.16 bits per heavy atom. The summed E-state index contributed by atoms with van der Waals surface area (Å²) in [5.41, 5.74) is 1.04. The highest BCUT2D eigenvalue weighted by Gasteiger charge is 2.24. The van der Waals surface area contributed by atoms with Crippen LogP contribution in [-0.4, -0.2) is 38.7 Å². The zero-order valence-corrected chi connectivity index (χ0v) is 22.2. The van der Waals surface area contributed by atoms with Gasteiger partial charge in [0.05, 0.1) is 26.2 Å². The fourth-order valence-electron chi connectivity index (χ4n) is 3.37. The topological polar surface area (TPSA) is 142 Å². The zero-order valence-electron chi connectivity index (χ0n) is 20.5. The Hall–Kier alpha value is -4.17. The second-order valence-corrected chi connectivity index (χ2v) is 10.5. The monoisotopic (exact) mass is 562 g/mol. The van der Waals surface area contributed by atoms with Crippen LogP contribution < -0.4 is 24.2 Å². The number of nitrogens with zero attached hydrogens (tertiary/aromatic N) is 2. The maximum atomic E-state index is 13.2. The van der Waals surface area contributed by atoms with Gasteiger partial charge in [-0.15, -0.1) is 0 Å². The van der Waals surface area contributed by atoms with Gasteiger partial charge in [-0.1, -0.05) is 36.1 Å². The first-order valence-corrected chi connectivity index (χ1v) is 13.4. The molecular formula is C24H23FN4O7S2. The molecule has 0 atom stereocenters. The number of hydrogen-bond donors (Lipinski definition) is 2. The molecule has 0 aliphatic carbocycles. The highest BCUT2D eigenvalue weighted by Crippen LogP contribution is 2.39. The van der Waals surface area contributed by atoms with Gasteiger partial charge in [0.25, 0.3) is 21.1 Å². The second-order valence-electron chi connectivity index (χ2n) is 7.76. The summed E-state index contributed by atoms with van der Waals surface area (Å²) in [5, 5.41) is 6.78. The molecule has 0 aliphatic heterocycles. The molecule has 0 spiro atoms. The van der Waals surface area contributed by atoms with E-state index in [1.807, 2.05) is 6.92 Å². The molecule has 0 aliphatic rings. The van der Waals surface area contributed by atoms with E-state index in [9.17, 15) is 17.6 Å². The molecule has 1 amide bonds. The van der Waals surface area contributed by atoms with Gasteiger partial charge in [0.2, 0.25) is 0 Å². The maximum absolute atomic E-state index is 13.2. The van der Waals surface area contributed by atoms with Crippen LogP contribution in [0.3, 0.4) is 0 Å². The van der Waals surface area contributed by atoms with Crippen molar-refractivity contribution in [2.45, 2.75) is 24.8 Å². The highest BCUT2D eigenvalue weighted by atomic mass is 32.2. The molecule has 0 fully saturated rings. The molecular weight excluding hydrogens is 539 g/mol. The molecule has 0 radical (unpaired) electrons. The number of benzene rings is 2. The Morgan fingerprint density at radius 2 is 1.92 bits per heavy atom. The Labute approximate surface area is 221 Å². The molecule has 11 nitrogen and oxygen atoms in total. The van der Waals surface area contributed by atoms with Crippen molar-refractivity contribution in [3.05, 3.63) is 59.4 Å². The lowest BCUT2D eigenvalue weighted by atomic mass is 10.2. The van der Waals surface area contributed by atoms with Crippen molar-refractivity contribution in [2.75, 3.05) is 18.9 Å². The van der Waals surface area contributed by atoms with Crippen molar-refractivity contribution in [1.29, 1.82) is 0 Å². The molecule has 4 aromatic rings. The molecule has 0 bridgehead atoms. The second kappa shape index (κ2) is 11.1. The fraction of sp³-hybridized carbons (Fsp3) is 0.208. The van der Waals surface area contributed by atoms with E-state index in [-0.39, 0.29) is 45.3 Å². The number of halogens is 1. The van der Waals surface area contributed by atoms with Crippen LogP contribution in [0.5, 0.6) is 22.4 Å². The summed E-state index contributed by atoms with van der Waals surface area (Å²) >= 11 is 1.12. The van der Waals surface area contributed by atoms with E-state index in [0.29, 0.717) is 16.7 Å². The van der Waals surface area contributed by atoms with Crippen LogP contribution in [-0.2, 0) is 27.8 Å². The summed E-state index contributed by atoms with van der Waals surface area (Å²) in [6.45, 7) is 4.89. The van der Waals surface area contributed by atoms with Crippen molar-refractivity contribution < 1.29 is 36.3 Å². The van der Waals surface area contributed by atoms with Gasteiger partial charge in [-0.3, -0.25) is 9.52 Å². The van der Waals surface area contributed by atoms with Gasteiger partial charge in [0.1, 0.15) is 10.6 Å². The van der Waals surface area contributed by atoms with Crippen molar-refractivity contribution in [3.63, 3.8) is 0 Å². The highest BCUT2D eigenvalue weighted by molar-refractivity contribution is 7.92. The first kappa shape index (κ1) is 26.9. The number of amides is 1. The molecule has 2 N–H and O–H groups in total. The van der Waals surface area contributed by atoms with E-state index >= 15 is 0 Å². The number of anilines is 1. The first-order chi connectivity index (χ1) is 18.1. The van der Waals surface area contributed by atoms with Crippen molar-refractivity contribution in [2.24, 2.45) is 0 Å². The van der Waals surface area contributed by atoms with Crippen LogP contribution in [0.25, 0.3) is 11.0 Å². The minimum absolute atomic E-state index is 0.0333. The molecule has 200 valence electrons. The third kappa shape index (κ3) is 5.70. The third-order valence-electron chi connectivity index (χ3n) is 5.31. The molecule has 2 aromatic carbocycles. The van der Waals surface area contributed by atoms with Gasteiger partial charge in [0.15, 0.2) is 28.7 Å². The summed E-state index contributed by atoms with van der Waals surface area (Å²) in [4.78, 5) is 16.0. The summed E-state index contributed by atoms with van der Waals surface area (Å²) < 4.78 is 63.5. The van der Waals surface area contributed by atoms with Gasteiger partial charge in [-0.2, -0.15) is 0 Å². The minimum Gasteiger partial charge on any atom is -0.495 e. The van der Waals surface area contributed by atoms with E-state index in [0.717, 1.165) is 16.9 Å². The lowest BCUT2D eigenvalue weighted by molar-refractivity contribution is -0.119. The average Bonchev–Trinajstić information content (AvgIpc) is 3.52. The summed E-state index contributed by atoms with van der Waals surface area (Å²) in [6.07, 6.45) is 2.11. The van der Waals surface area contributed by atoms with Crippen LogP contribution >= 0.6 is 11.3 Å². The lowest BCUT2D eigenvalue weighted by Gasteiger charge is -2.12. The average molecular weight is 563 g/mol. The third-order valence-corrected chi connectivity index (χ3v) is 7.55. The number of sulfonamides is 1. The van der Waals surface area contributed by atoms with Crippen LogP contribution in [0.15, 0.2) is 58.4 Å². The van der Waals surface area contributed by atoms with Crippen LogP contribution in [0.2, 0.25) is 0 Å². The number of carbonyl (C=O) groups excluding carboxylic acids is 1. The van der Waals surface area contributed by atoms with Crippen LogP contribution in [0.1, 0.15) is 17.4 Å². The molecule has 38 heavy (non-hydrogen) atoms. The summed E-state index contributed by atoms with van der Waals surface area (Å²) in [6, 6.07) is 7.92.